The van der Waals surface area contributed by atoms with Gasteiger partial charge in [0.05, 0.1) is 0 Å². The Kier molecular flexibility index (Phi) is 7.70. The molecule has 2 fully saturated rings. The van der Waals surface area contributed by atoms with Crippen LogP contribution in [0.1, 0.15) is 51.9 Å². The van der Waals surface area contributed by atoms with Crippen LogP contribution in [0, 0.1) is 5.41 Å². The molecule has 23 heavy (non-hydrogen) atoms. The molecule has 4 nitrogen and oxygen atoms in total. The molecular formula is C18H34N2O2S. The molecule has 0 aliphatic carbocycles. The minimum Gasteiger partial charge on any atom is -0.396 e. The van der Waals surface area contributed by atoms with Crippen molar-refractivity contribution in [1.29, 1.82) is 0 Å². The molecule has 1 N–H and O–H groups in total. The fourth-order valence-electron chi connectivity index (χ4n) is 3.86. The summed E-state index contributed by atoms with van der Waals surface area (Å²) in [4.78, 5) is 16.8. The minimum absolute atomic E-state index is 0.233. The van der Waals surface area contributed by atoms with Gasteiger partial charge in [0.2, 0.25) is 5.91 Å². The number of rotatable bonds is 8. The Bertz CT molecular complexity index is 370. The molecule has 2 aliphatic rings. The van der Waals surface area contributed by atoms with E-state index in [4.69, 9.17) is 5.11 Å². The van der Waals surface area contributed by atoms with E-state index in [9.17, 15) is 4.79 Å². The van der Waals surface area contributed by atoms with Crippen LogP contribution < -0.4 is 0 Å². The summed E-state index contributed by atoms with van der Waals surface area (Å²) in [6.45, 7) is 7.93. The summed E-state index contributed by atoms with van der Waals surface area (Å²) >= 11 is 1.96. The van der Waals surface area contributed by atoms with Crippen molar-refractivity contribution in [3.05, 3.63) is 0 Å². The van der Waals surface area contributed by atoms with E-state index >= 15 is 0 Å². The van der Waals surface area contributed by atoms with Gasteiger partial charge < -0.3 is 14.9 Å². The predicted octanol–water partition coefficient (Wildman–Crippen LogP) is 2.61. The maximum atomic E-state index is 12.1. The molecule has 0 aromatic rings. The lowest BCUT2D eigenvalue weighted by molar-refractivity contribution is -0.139. The molecule has 2 heterocycles. The zero-order chi connectivity index (χ0) is 16.7. The molecule has 0 bridgehead atoms. The minimum atomic E-state index is 0.233. The van der Waals surface area contributed by atoms with Crippen LogP contribution in [0.2, 0.25) is 0 Å². The lowest BCUT2D eigenvalue weighted by Gasteiger charge is -2.47. The third-order valence-corrected chi connectivity index (χ3v) is 6.80. The molecule has 2 rings (SSSR count). The van der Waals surface area contributed by atoms with Gasteiger partial charge in [-0.1, -0.05) is 6.92 Å². The number of carbonyl (C=O) groups is 1. The monoisotopic (exact) mass is 342 g/mol. The Labute approximate surface area is 146 Å². The van der Waals surface area contributed by atoms with Crippen LogP contribution in [0.4, 0.5) is 0 Å². The van der Waals surface area contributed by atoms with Gasteiger partial charge in [-0.3, -0.25) is 4.79 Å². The van der Waals surface area contributed by atoms with Gasteiger partial charge in [0.15, 0.2) is 0 Å². The lowest BCUT2D eigenvalue weighted by Crippen LogP contribution is -2.51. The Hall–Kier alpha value is -0.260. The van der Waals surface area contributed by atoms with Gasteiger partial charge in [-0.25, -0.2) is 0 Å². The number of aliphatic hydroxyl groups excluding tert-OH is 1. The van der Waals surface area contributed by atoms with E-state index in [2.05, 4.69) is 23.0 Å². The number of hydrogen-bond acceptors (Lipinski definition) is 4. The molecule has 1 spiro atoms. The first kappa shape index (κ1) is 19.1. The third-order valence-electron chi connectivity index (χ3n) is 5.76. The molecule has 2 saturated heterocycles. The standard InChI is InChI=1S/C18H34N2O2S/c1-16(23-2)6-11-19-12-8-18(9-13-19)7-5-17(22)20(15-18)10-3-4-14-21/h16,21H,3-15H2,1-2H3/t16-/m0/s1. The van der Waals surface area contributed by atoms with E-state index in [0.717, 1.165) is 44.0 Å². The molecule has 0 aromatic heterocycles. The molecule has 0 saturated carbocycles. The van der Waals surface area contributed by atoms with Crippen LogP contribution in [0.25, 0.3) is 0 Å². The molecule has 5 heteroatoms. The van der Waals surface area contributed by atoms with E-state index < -0.39 is 0 Å². The average Bonchev–Trinajstić information content (AvgIpc) is 2.57. The highest BCUT2D eigenvalue weighted by Gasteiger charge is 2.40. The summed E-state index contributed by atoms with van der Waals surface area (Å²) in [6.07, 6.45) is 9.49. The van der Waals surface area contributed by atoms with E-state index in [-0.39, 0.29) is 6.61 Å². The van der Waals surface area contributed by atoms with E-state index in [1.807, 2.05) is 11.8 Å². The number of hydrogen-bond donors (Lipinski definition) is 1. The Morgan fingerprint density at radius 1 is 1.22 bits per heavy atom. The Balaban J connectivity index is 1.78. The summed E-state index contributed by atoms with van der Waals surface area (Å²) in [5.74, 6) is 0.324. The second-order valence-corrected chi connectivity index (χ2v) is 8.70. The zero-order valence-electron chi connectivity index (χ0n) is 14.9. The van der Waals surface area contributed by atoms with Gasteiger partial charge in [0.1, 0.15) is 0 Å². The van der Waals surface area contributed by atoms with Gasteiger partial charge in [0.25, 0.3) is 0 Å². The Morgan fingerprint density at radius 2 is 1.96 bits per heavy atom. The molecule has 134 valence electrons. The number of nitrogens with zero attached hydrogens (tertiary/aromatic N) is 2. The van der Waals surface area contributed by atoms with Gasteiger partial charge in [-0.15, -0.1) is 0 Å². The zero-order valence-corrected chi connectivity index (χ0v) is 15.7. The second-order valence-electron chi connectivity index (χ2n) is 7.42. The van der Waals surface area contributed by atoms with Crippen LogP contribution in [0.3, 0.4) is 0 Å². The SMILES string of the molecule is CS[C@@H](C)CCN1CCC2(CCC(=O)N(CCCCO)C2)CC1. The van der Waals surface area contributed by atoms with Gasteiger partial charge in [0, 0.05) is 31.4 Å². The largest absolute Gasteiger partial charge is 0.396 e. The normalized spacial score (nSPS) is 23.4. The second kappa shape index (κ2) is 9.28. The van der Waals surface area contributed by atoms with Crippen LogP contribution in [-0.2, 0) is 4.79 Å². The lowest BCUT2D eigenvalue weighted by atomic mass is 9.72. The number of carbonyl (C=O) groups excluding carboxylic acids is 1. The van der Waals surface area contributed by atoms with Gasteiger partial charge in [-0.2, -0.15) is 11.8 Å². The topological polar surface area (TPSA) is 43.8 Å². The molecule has 1 atom stereocenters. The maximum absolute atomic E-state index is 12.1. The van der Waals surface area contributed by atoms with E-state index in [1.54, 1.807) is 0 Å². The number of likely N-dealkylation sites (tertiary alicyclic amines) is 2. The van der Waals surface area contributed by atoms with E-state index in [1.165, 1.54) is 38.9 Å². The van der Waals surface area contributed by atoms with Crippen LogP contribution in [0.15, 0.2) is 0 Å². The number of amides is 1. The van der Waals surface area contributed by atoms with Crippen molar-refractivity contribution in [1.82, 2.24) is 9.80 Å². The number of aliphatic hydroxyl groups is 1. The first-order valence-electron chi connectivity index (χ1n) is 9.22. The number of thioether (sulfide) groups is 1. The predicted molar refractivity (Wildman–Crippen MR) is 97.8 cm³/mol. The number of unbranched alkanes of at least 4 members (excludes halogenated alkanes) is 1. The molecule has 0 unspecified atom stereocenters. The maximum Gasteiger partial charge on any atom is 0.222 e. The molecule has 0 aromatic carbocycles. The highest BCUT2D eigenvalue weighted by atomic mass is 32.2. The fraction of sp³-hybridized carbons (Fsp3) is 0.944. The Morgan fingerprint density at radius 3 is 2.61 bits per heavy atom. The third kappa shape index (κ3) is 5.64. The van der Waals surface area contributed by atoms with Crippen molar-refractivity contribution in [2.75, 3.05) is 45.6 Å². The van der Waals surface area contributed by atoms with Gasteiger partial charge in [-0.05, 0) is 69.8 Å². The number of piperidine rings is 2. The fourth-order valence-corrected chi connectivity index (χ4v) is 4.20. The molecule has 0 radical (unpaired) electrons. The summed E-state index contributed by atoms with van der Waals surface area (Å²) in [5.41, 5.74) is 0.370. The van der Waals surface area contributed by atoms with Crippen molar-refractivity contribution < 1.29 is 9.90 Å². The summed E-state index contributed by atoms with van der Waals surface area (Å²) < 4.78 is 0. The highest BCUT2D eigenvalue weighted by Crippen LogP contribution is 2.40. The van der Waals surface area contributed by atoms with Crippen molar-refractivity contribution in [2.24, 2.45) is 5.41 Å². The van der Waals surface area contributed by atoms with E-state index in [0.29, 0.717) is 11.3 Å². The smallest absolute Gasteiger partial charge is 0.222 e. The average molecular weight is 343 g/mol. The van der Waals surface area contributed by atoms with Crippen LogP contribution >= 0.6 is 11.8 Å². The quantitative estimate of drug-likeness (QED) is 0.689. The molecule has 2 aliphatic heterocycles. The van der Waals surface area contributed by atoms with Crippen molar-refractivity contribution in [2.45, 2.75) is 57.1 Å². The summed E-state index contributed by atoms with van der Waals surface area (Å²) in [6, 6.07) is 0. The summed E-state index contributed by atoms with van der Waals surface area (Å²) in [7, 11) is 0. The highest BCUT2D eigenvalue weighted by molar-refractivity contribution is 7.99. The summed E-state index contributed by atoms with van der Waals surface area (Å²) in [5, 5.41) is 9.68. The van der Waals surface area contributed by atoms with Crippen molar-refractivity contribution in [3.63, 3.8) is 0 Å². The molecule has 1 amide bonds. The molecular weight excluding hydrogens is 308 g/mol. The van der Waals surface area contributed by atoms with Crippen molar-refractivity contribution >= 4 is 17.7 Å². The first-order chi connectivity index (χ1) is 11.1. The first-order valence-corrected chi connectivity index (χ1v) is 10.5. The van der Waals surface area contributed by atoms with Crippen LogP contribution in [-0.4, -0.2) is 71.6 Å². The van der Waals surface area contributed by atoms with Crippen molar-refractivity contribution in [3.8, 4) is 0 Å². The van der Waals surface area contributed by atoms with Gasteiger partial charge >= 0.3 is 0 Å². The van der Waals surface area contributed by atoms with Crippen LogP contribution in [0.5, 0.6) is 0 Å².